The van der Waals surface area contributed by atoms with Gasteiger partial charge < -0.3 is 9.64 Å². The van der Waals surface area contributed by atoms with Gasteiger partial charge in [-0.2, -0.15) is 0 Å². The van der Waals surface area contributed by atoms with Crippen LogP contribution in [0.15, 0.2) is 28.0 Å². The number of aryl methyl sites for hydroxylation is 1. The Morgan fingerprint density at radius 1 is 1.02 bits per heavy atom. The maximum absolute atomic E-state index is 13.8. The normalized spacial score (nSPS) is 20.9. The number of hydrogen-bond acceptors (Lipinski definition) is 7. The Balaban J connectivity index is 1.47. The third kappa shape index (κ3) is 7.53. The van der Waals surface area contributed by atoms with Crippen LogP contribution in [-0.4, -0.2) is 56.4 Å². The predicted octanol–water partition coefficient (Wildman–Crippen LogP) is 6.74. The van der Waals surface area contributed by atoms with E-state index in [9.17, 15) is 9.59 Å². The molecule has 218 valence electrons. The Hall–Kier alpha value is -2.23. The zero-order valence-electron chi connectivity index (χ0n) is 24.5. The second-order valence-corrected chi connectivity index (χ2v) is 12.9. The van der Waals surface area contributed by atoms with Crippen molar-refractivity contribution in [1.29, 1.82) is 0 Å². The zero-order valence-corrected chi connectivity index (χ0v) is 26.1. The first-order valence-electron chi connectivity index (χ1n) is 15.0. The van der Waals surface area contributed by atoms with Gasteiger partial charge in [0.25, 0.3) is 11.5 Å². The number of rotatable bonds is 13. The SMILES string of the molecule is CCCCCCCCCCCCN1C(=O)/C(=C\c2c(N3CC(C)OC(C)C3)nc3c(C)cccn3c2=O)SC1=S. The third-order valence-corrected chi connectivity index (χ3v) is 9.05. The second-order valence-electron chi connectivity index (χ2n) is 11.2. The quantitative estimate of drug-likeness (QED) is 0.147. The van der Waals surface area contributed by atoms with Crippen molar-refractivity contribution in [3.63, 3.8) is 0 Å². The summed E-state index contributed by atoms with van der Waals surface area (Å²) < 4.78 is 8.07. The van der Waals surface area contributed by atoms with Gasteiger partial charge in [-0.25, -0.2) is 4.98 Å². The Labute approximate surface area is 248 Å². The van der Waals surface area contributed by atoms with Crippen molar-refractivity contribution in [2.24, 2.45) is 0 Å². The molecule has 9 heteroatoms. The van der Waals surface area contributed by atoms with Crippen LogP contribution < -0.4 is 10.5 Å². The summed E-state index contributed by atoms with van der Waals surface area (Å²) >= 11 is 6.88. The van der Waals surface area contributed by atoms with E-state index < -0.39 is 0 Å². The fraction of sp³-hybridized carbons (Fsp3) is 0.613. The number of pyridine rings is 1. The topological polar surface area (TPSA) is 67.2 Å². The number of hydrogen-bond donors (Lipinski definition) is 0. The molecular weight excluding hydrogens is 541 g/mol. The molecule has 2 saturated heterocycles. The van der Waals surface area contributed by atoms with E-state index in [1.807, 2.05) is 32.9 Å². The maximum Gasteiger partial charge on any atom is 0.267 e. The van der Waals surface area contributed by atoms with Crippen molar-refractivity contribution in [3.05, 3.63) is 44.7 Å². The Bertz CT molecular complexity index is 1280. The number of ether oxygens (including phenoxy) is 1. The number of anilines is 1. The summed E-state index contributed by atoms with van der Waals surface area (Å²) in [4.78, 5) is 36.5. The van der Waals surface area contributed by atoms with Crippen LogP contribution in [-0.2, 0) is 9.53 Å². The molecule has 7 nitrogen and oxygen atoms in total. The molecule has 2 fully saturated rings. The Kier molecular flexibility index (Phi) is 11.2. The van der Waals surface area contributed by atoms with Crippen LogP contribution in [0.3, 0.4) is 0 Å². The van der Waals surface area contributed by atoms with Crippen LogP contribution in [0, 0.1) is 6.92 Å². The first-order valence-corrected chi connectivity index (χ1v) is 16.2. The van der Waals surface area contributed by atoms with E-state index in [0.717, 1.165) is 18.4 Å². The first-order chi connectivity index (χ1) is 19.3. The fourth-order valence-electron chi connectivity index (χ4n) is 5.60. The van der Waals surface area contributed by atoms with Crippen LogP contribution in [0.1, 0.15) is 96.1 Å². The van der Waals surface area contributed by atoms with Gasteiger partial charge >= 0.3 is 0 Å². The lowest BCUT2D eigenvalue weighted by Gasteiger charge is -2.36. The minimum atomic E-state index is -0.185. The zero-order chi connectivity index (χ0) is 28.6. The monoisotopic (exact) mass is 584 g/mol. The number of thioether (sulfide) groups is 1. The molecular formula is C31H44N4O3S2. The van der Waals surface area contributed by atoms with E-state index in [4.69, 9.17) is 21.9 Å². The van der Waals surface area contributed by atoms with Gasteiger partial charge in [0.15, 0.2) is 0 Å². The van der Waals surface area contributed by atoms with Crippen molar-refractivity contribution in [2.45, 2.75) is 104 Å². The average Bonchev–Trinajstić information content (AvgIpc) is 3.18. The van der Waals surface area contributed by atoms with Crippen molar-refractivity contribution >= 4 is 51.7 Å². The highest BCUT2D eigenvalue weighted by Crippen LogP contribution is 2.34. The van der Waals surface area contributed by atoms with Gasteiger partial charge in [0.1, 0.15) is 15.8 Å². The molecule has 2 aromatic rings. The van der Waals surface area contributed by atoms with Crippen molar-refractivity contribution in [2.75, 3.05) is 24.5 Å². The molecule has 1 amide bonds. The van der Waals surface area contributed by atoms with E-state index in [0.29, 0.717) is 45.9 Å². The van der Waals surface area contributed by atoms with Crippen LogP contribution in [0.2, 0.25) is 0 Å². The largest absolute Gasteiger partial charge is 0.372 e. The summed E-state index contributed by atoms with van der Waals surface area (Å²) in [7, 11) is 0. The van der Waals surface area contributed by atoms with Crippen LogP contribution in [0.25, 0.3) is 11.7 Å². The van der Waals surface area contributed by atoms with E-state index in [2.05, 4.69) is 11.8 Å². The number of nitrogens with zero attached hydrogens (tertiary/aromatic N) is 4. The first kappa shape index (κ1) is 30.7. The van der Waals surface area contributed by atoms with E-state index in [1.165, 1.54) is 63.1 Å². The molecule has 2 atom stereocenters. The molecule has 2 aliphatic heterocycles. The standard InChI is InChI=1S/C31H44N4O3S2/c1-5-6-7-8-9-10-11-12-13-14-17-35-30(37)26(40-31(35)39)19-25-28(33-20-23(3)38-24(4)21-33)32-27-22(2)16-15-18-34(27)29(25)36/h15-16,18-19,23-24H,5-14,17,20-21H2,1-4H3/b26-19+. The molecule has 2 unspecified atom stereocenters. The summed E-state index contributed by atoms with van der Waals surface area (Å²) in [6.45, 7) is 10.1. The van der Waals surface area contributed by atoms with Crippen LogP contribution in [0.5, 0.6) is 0 Å². The van der Waals surface area contributed by atoms with Gasteiger partial charge in [-0.05, 0) is 44.9 Å². The average molecular weight is 585 g/mol. The van der Waals surface area contributed by atoms with Crippen LogP contribution in [0.4, 0.5) is 5.82 Å². The van der Waals surface area contributed by atoms with Gasteiger partial charge in [0.2, 0.25) is 0 Å². The van der Waals surface area contributed by atoms with Crippen LogP contribution >= 0.6 is 24.0 Å². The molecule has 40 heavy (non-hydrogen) atoms. The van der Waals surface area contributed by atoms with E-state index in [1.54, 1.807) is 21.6 Å². The maximum atomic E-state index is 13.8. The van der Waals surface area contributed by atoms with Crippen molar-refractivity contribution in [1.82, 2.24) is 14.3 Å². The number of carbonyl (C=O) groups is 1. The number of thiocarbonyl (C=S) groups is 1. The van der Waals surface area contributed by atoms with Gasteiger partial charge in [0, 0.05) is 25.8 Å². The number of morpholine rings is 1. The number of carbonyl (C=O) groups excluding carboxylic acids is 1. The molecule has 4 heterocycles. The predicted molar refractivity (Wildman–Crippen MR) is 170 cm³/mol. The summed E-state index contributed by atoms with van der Waals surface area (Å²) in [6, 6.07) is 3.80. The molecule has 0 spiro atoms. The van der Waals surface area contributed by atoms with Gasteiger partial charge in [-0.15, -0.1) is 0 Å². The van der Waals surface area contributed by atoms with Crippen molar-refractivity contribution in [3.8, 4) is 0 Å². The third-order valence-electron chi connectivity index (χ3n) is 7.67. The van der Waals surface area contributed by atoms with Crippen molar-refractivity contribution < 1.29 is 9.53 Å². The molecule has 0 aliphatic carbocycles. The highest BCUT2D eigenvalue weighted by Gasteiger charge is 2.33. The summed E-state index contributed by atoms with van der Waals surface area (Å²) in [5.74, 6) is 0.482. The van der Waals surface area contributed by atoms with Gasteiger partial charge in [-0.1, -0.05) is 94.8 Å². The summed E-state index contributed by atoms with van der Waals surface area (Å²) in [5.41, 5.74) is 1.78. The molecule has 0 radical (unpaired) electrons. The van der Waals surface area contributed by atoms with Gasteiger partial charge in [0.05, 0.1) is 22.7 Å². The fourth-order valence-corrected chi connectivity index (χ4v) is 6.89. The Morgan fingerprint density at radius 2 is 1.65 bits per heavy atom. The smallest absolute Gasteiger partial charge is 0.267 e. The lowest BCUT2D eigenvalue weighted by molar-refractivity contribution is -0.122. The lowest BCUT2D eigenvalue weighted by atomic mass is 10.1. The lowest BCUT2D eigenvalue weighted by Crippen LogP contribution is -2.46. The number of fused-ring (bicyclic) bond motifs is 1. The molecule has 2 aromatic heterocycles. The summed E-state index contributed by atoms with van der Waals surface area (Å²) in [5, 5.41) is 0. The highest BCUT2D eigenvalue weighted by molar-refractivity contribution is 8.26. The van der Waals surface area contributed by atoms with E-state index >= 15 is 0 Å². The van der Waals surface area contributed by atoms with E-state index in [-0.39, 0.29) is 23.7 Å². The second kappa shape index (κ2) is 14.6. The molecule has 0 bridgehead atoms. The summed E-state index contributed by atoms with van der Waals surface area (Å²) in [6.07, 6.45) is 15.9. The number of unbranched alkanes of at least 4 members (excludes halogenated alkanes) is 9. The molecule has 0 N–H and O–H groups in total. The number of amides is 1. The highest BCUT2D eigenvalue weighted by atomic mass is 32.2. The molecule has 4 rings (SSSR count). The van der Waals surface area contributed by atoms with Gasteiger partial charge in [-0.3, -0.25) is 18.9 Å². The molecule has 0 saturated carbocycles. The minimum Gasteiger partial charge on any atom is -0.372 e. The molecule has 2 aliphatic rings. The number of aromatic nitrogens is 2. The Morgan fingerprint density at radius 3 is 2.30 bits per heavy atom. The minimum absolute atomic E-state index is 0.00740. The molecule has 0 aromatic carbocycles.